The van der Waals surface area contributed by atoms with Gasteiger partial charge in [0.15, 0.2) is 0 Å². The highest BCUT2D eigenvalue weighted by Gasteiger charge is 1.95. The third kappa shape index (κ3) is 5.38. The summed E-state index contributed by atoms with van der Waals surface area (Å²) in [6.07, 6.45) is 0. The number of carbonyl (C=O) groups is 1. The lowest BCUT2D eigenvalue weighted by Gasteiger charge is -1.85. The highest BCUT2D eigenvalue weighted by molar-refractivity contribution is 7.84. The number of hydrogen-bond donors (Lipinski definition) is 1. The van der Waals surface area contributed by atoms with Crippen LogP contribution in [0.15, 0.2) is 0 Å². The van der Waals surface area contributed by atoms with E-state index in [0.29, 0.717) is 0 Å². The molecule has 0 aromatic heterocycles. The molecule has 0 atom stereocenters. The molecule has 0 unspecified atom stereocenters. The van der Waals surface area contributed by atoms with Crippen LogP contribution < -0.4 is 5.14 Å². The molecule has 0 radical (unpaired) electrons. The first-order chi connectivity index (χ1) is 3.06. The van der Waals surface area contributed by atoms with Gasteiger partial charge < -0.3 is 4.18 Å². The quantitative estimate of drug-likeness (QED) is 0.448. The highest BCUT2D eigenvalue weighted by atomic mass is 32.2. The predicted octanol–water partition coefficient (Wildman–Crippen LogP) is -1.64. The van der Waals surface area contributed by atoms with Crippen LogP contribution in [0.5, 0.6) is 0 Å². The first-order valence-corrected chi connectivity index (χ1v) is 2.68. The van der Waals surface area contributed by atoms with E-state index in [9.17, 15) is 8.42 Å². The summed E-state index contributed by atoms with van der Waals surface area (Å²) in [5.41, 5.74) is 0. The zero-order chi connectivity index (χ0) is 5.91. The predicted molar refractivity (Wildman–Crippen MR) is 20.3 cm³/mol. The minimum Gasteiger partial charge on any atom is -0.337 e. The van der Waals surface area contributed by atoms with Gasteiger partial charge in [0.05, 0.1) is 0 Å². The molecule has 2 N–H and O–H groups in total. The topological polar surface area (TPSA) is 86.5 Å². The number of nitrogens with two attached hydrogens (primary N) is 1. The Labute approximate surface area is 40.3 Å². The van der Waals surface area contributed by atoms with Crippen LogP contribution in [0.25, 0.3) is 0 Å². The minimum atomic E-state index is -4.04. The molecule has 0 aliphatic heterocycles. The Morgan fingerprint density at radius 3 is 2.00 bits per heavy atom. The third-order valence-corrected chi connectivity index (χ3v) is 0.520. The summed E-state index contributed by atoms with van der Waals surface area (Å²) >= 11 is 0. The van der Waals surface area contributed by atoms with Crippen LogP contribution in [0, 0.1) is 0 Å². The van der Waals surface area contributed by atoms with Gasteiger partial charge in [0.2, 0.25) is 0 Å². The van der Waals surface area contributed by atoms with Crippen LogP contribution in [0.4, 0.5) is 0 Å². The maximum Gasteiger partial charge on any atom is 0.382 e. The Balaban J connectivity index is 3.84. The Morgan fingerprint density at radius 2 is 2.00 bits per heavy atom. The molecular weight excluding hydrogens is 122 g/mol. The molecule has 0 saturated heterocycles. The molecule has 0 heterocycles. The second-order valence-corrected chi connectivity index (χ2v) is 1.86. The van der Waals surface area contributed by atoms with Crippen molar-refractivity contribution in [1.29, 1.82) is 0 Å². The summed E-state index contributed by atoms with van der Waals surface area (Å²) in [5.74, 6) is 0. The van der Waals surface area contributed by atoms with Crippen LogP contribution in [0.3, 0.4) is 0 Å². The van der Waals surface area contributed by atoms with Crippen LogP contribution in [0.2, 0.25) is 0 Å². The van der Waals surface area contributed by atoms with Crippen molar-refractivity contribution in [2.24, 2.45) is 5.14 Å². The molecule has 6 heteroatoms. The van der Waals surface area contributed by atoms with Crippen molar-refractivity contribution in [2.75, 3.05) is 0 Å². The zero-order valence-electron chi connectivity index (χ0n) is 3.20. The number of carbonyl (C=O) groups excluding carboxylic acids is 1. The molecular formula is CH3NO4S. The van der Waals surface area contributed by atoms with Crippen molar-refractivity contribution < 1.29 is 17.4 Å². The van der Waals surface area contributed by atoms with Gasteiger partial charge in [0.1, 0.15) is 0 Å². The molecule has 0 bridgehead atoms. The lowest BCUT2D eigenvalue weighted by atomic mass is 11.7. The summed E-state index contributed by atoms with van der Waals surface area (Å²) in [6.45, 7) is -0.255. The maximum absolute atomic E-state index is 9.56. The monoisotopic (exact) mass is 125 g/mol. The first kappa shape index (κ1) is 6.38. The molecule has 5 nitrogen and oxygen atoms in total. The lowest BCUT2D eigenvalue weighted by Crippen LogP contribution is -2.14. The SMILES string of the molecule is NS(=O)(=O)OC=O. The normalized spacial score (nSPS) is 10.4. The van der Waals surface area contributed by atoms with Gasteiger partial charge in [-0.3, -0.25) is 4.79 Å². The Morgan fingerprint density at radius 1 is 1.57 bits per heavy atom. The Bertz CT molecular complexity index is 145. The van der Waals surface area contributed by atoms with Crippen LogP contribution in [-0.4, -0.2) is 14.9 Å². The van der Waals surface area contributed by atoms with Gasteiger partial charge >= 0.3 is 16.8 Å². The maximum atomic E-state index is 9.56. The van der Waals surface area contributed by atoms with Crippen molar-refractivity contribution in [1.82, 2.24) is 0 Å². The lowest BCUT2D eigenvalue weighted by molar-refractivity contribution is -0.120. The highest BCUT2D eigenvalue weighted by Crippen LogP contribution is 1.70. The van der Waals surface area contributed by atoms with E-state index in [-0.39, 0.29) is 6.47 Å². The molecule has 0 fully saturated rings. The van der Waals surface area contributed by atoms with Crippen molar-refractivity contribution in [3.8, 4) is 0 Å². The molecule has 0 aliphatic carbocycles. The van der Waals surface area contributed by atoms with E-state index in [0.717, 1.165) is 0 Å². The summed E-state index contributed by atoms with van der Waals surface area (Å²) in [7, 11) is -4.04. The van der Waals surface area contributed by atoms with Crippen LogP contribution >= 0.6 is 0 Å². The van der Waals surface area contributed by atoms with Gasteiger partial charge in [-0.2, -0.15) is 13.6 Å². The molecule has 42 valence electrons. The van der Waals surface area contributed by atoms with Gasteiger partial charge in [-0.25, -0.2) is 0 Å². The molecule has 7 heavy (non-hydrogen) atoms. The minimum absolute atomic E-state index is 0.255. The molecule has 0 aliphatic rings. The van der Waals surface area contributed by atoms with Crippen LogP contribution in [0.1, 0.15) is 0 Å². The van der Waals surface area contributed by atoms with Crippen molar-refractivity contribution in [3.05, 3.63) is 0 Å². The average Bonchev–Trinajstić information content (AvgIpc) is 1.30. The van der Waals surface area contributed by atoms with E-state index >= 15 is 0 Å². The van der Waals surface area contributed by atoms with Crippen molar-refractivity contribution in [2.45, 2.75) is 0 Å². The van der Waals surface area contributed by atoms with Gasteiger partial charge in [-0.15, -0.1) is 0 Å². The fourth-order valence-electron chi connectivity index (χ4n) is 0.0548. The smallest absolute Gasteiger partial charge is 0.337 e. The van der Waals surface area contributed by atoms with Crippen LogP contribution in [-0.2, 0) is 19.3 Å². The molecule has 0 amide bonds. The van der Waals surface area contributed by atoms with Gasteiger partial charge in [0.25, 0.3) is 0 Å². The standard InChI is InChI=1S/CH3NO4S/c2-7(4,5)6-1-3/h1H,(H2,2,4,5). The number of hydrogen-bond acceptors (Lipinski definition) is 4. The van der Waals surface area contributed by atoms with Crippen molar-refractivity contribution in [3.63, 3.8) is 0 Å². The Kier molecular flexibility index (Phi) is 1.73. The fourth-order valence-corrected chi connectivity index (χ4v) is 0.164. The molecule has 0 rings (SSSR count). The summed E-state index contributed by atoms with van der Waals surface area (Å²) < 4.78 is 22.4. The largest absolute Gasteiger partial charge is 0.382 e. The summed E-state index contributed by atoms with van der Waals surface area (Å²) in [4.78, 5) is 9.14. The summed E-state index contributed by atoms with van der Waals surface area (Å²) in [6, 6.07) is 0. The summed E-state index contributed by atoms with van der Waals surface area (Å²) in [5, 5.41) is 4.16. The van der Waals surface area contributed by atoms with E-state index in [1.165, 1.54) is 0 Å². The Hall–Kier alpha value is -0.620. The van der Waals surface area contributed by atoms with E-state index in [1.54, 1.807) is 0 Å². The first-order valence-electron chi connectivity index (χ1n) is 1.21. The average molecular weight is 125 g/mol. The molecule has 0 aromatic rings. The fraction of sp³-hybridized carbons (Fsp3) is 0. The molecule has 0 aromatic carbocycles. The van der Waals surface area contributed by atoms with E-state index < -0.39 is 10.3 Å². The second-order valence-electron chi connectivity index (χ2n) is 0.685. The van der Waals surface area contributed by atoms with Gasteiger partial charge in [-0.1, -0.05) is 0 Å². The van der Waals surface area contributed by atoms with Gasteiger partial charge in [-0.05, 0) is 0 Å². The molecule has 0 spiro atoms. The van der Waals surface area contributed by atoms with Crippen molar-refractivity contribution >= 4 is 16.8 Å². The second kappa shape index (κ2) is 1.90. The van der Waals surface area contributed by atoms with E-state index in [1.807, 2.05) is 0 Å². The van der Waals surface area contributed by atoms with Gasteiger partial charge in [0, 0.05) is 0 Å². The zero-order valence-corrected chi connectivity index (χ0v) is 4.01. The molecule has 0 saturated carbocycles. The third-order valence-electron chi connectivity index (χ3n) is 0.173. The van der Waals surface area contributed by atoms with E-state index in [2.05, 4.69) is 9.32 Å². The van der Waals surface area contributed by atoms with E-state index in [4.69, 9.17) is 4.79 Å². The number of rotatable bonds is 2.